The number of amides is 1. The number of carbonyl (C=O) groups is 1. The van der Waals surface area contributed by atoms with Crippen molar-refractivity contribution in [1.82, 2.24) is 15.5 Å². The fourth-order valence-corrected chi connectivity index (χ4v) is 3.20. The van der Waals surface area contributed by atoms with Crippen molar-refractivity contribution in [3.8, 4) is 0 Å². The van der Waals surface area contributed by atoms with Crippen LogP contribution in [-0.4, -0.2) is 50.1 Å². The number of halogens is 3. The standard InChI is InChI=1S/C17H22F3N3O/c18-17(19,20)14-3-1-2-13(12-14)16(4-5-16)15(24)22-8-11-23-9-6-21-7-10-23/h1-3,12,21H,4-11H2,(H,22,24). The zero-order chi connectivity index (χ0) is 17.2. The van der Waals surface area contributed by atoms with E-state index in [0.29, 0.717) is 24.9 Å². The molecule has 0 unspecified atom stereocenters. The van der Waals surface area contributed by atoms with Crippen molar-refractivity contribution < 1.29 is 18.0 Å². The van der Waals surface area contributed by atoms with Gasteiger partial charge in [-0.3, -0.25) is 9.69 Å². The molecule has 1 aliphatic heterocycles. The van der Waals surface area contributed by atoms with Gasteiger partial charge in [0.2, 0.25) is 5.91 Å². The smallest absolute Gasteiger partial charge is 0.354 e. The van der Waals surface area contributed by atoms with Crippen molar-refractivity contribution in [3.63, 3.8) is 0 Å². The minimum absolute atomic E-state index is 0.156. The SMILES string of the molecule is O=C(NCCN1CCNCC1)C1(c2cccc(C(F)(F)F)c2)CC1. The summed E-state index contributed by atoms with van der Waals surface area (Å²) in [5, 5.41) is 6.17. The molecule has 0 bridgehead atoms. The summed E-state index contributed by atoms with van der Waals surface area (Å²) in [5.41, 5.74) is -0.998. The maximum Gasteiger partial charge on any atom is 0.416 e. The van der Waals surface area contributed by atoms with Crippen LogP contribution in [0.15, 0.2) is 24.3 Å². The molecule has 0 aromatic heterocycles. The third-order valence-electron chi connectivity index (χ3n) is 4.85. The Morgan fingerprint density at radius 3 is 2.58 bits per heavy atom. The minimum atomic E-state index is -4.38. The fourth-order valence-electron chi connectivity index (χ4n) is 3.20. The second kappa shape index (κ2) is 6.72. The van der Waals surface area contributed by atoms with Gasteiger partial charge in [-0.25, -0.2) is 0 Å². The molecule has 2 aliphatic rings. The Morgan fingerprint density at radius 1 is 1.25 bits per heavy atom. The first-order chi connectivity index (χ1) is 11.4. The van der Waals surface area contributed by atoms with Gasteiger partial charge in [0.15, 0.2) is 0 Å². The number of rotatable bonds is 5. The van der Waals surface area contributed by atoms with Crippen LogP contribution in [0.4, 0.5) is 13.2 Å². The predicted molar refractivity (Wildman–Crippen MR) is 84.7 cm³/mol. The van der Waals surface area contributed by atoms with Crippen molar-refractivity contribution >= 4 is 5.91 Å². The van der Waals surface area contributed by atoms with E-state index in [0.717, 1.165) is 44.9 Å². The van der Waals surface area contributed by atoms with Crippen molar-refractivity contribution in [1.29, 1.82) is 0 Å². The van der Waals surface area contributed by atoms with Crippen molar-refractivity contribution in [2.75, 3.05) is 39.3 Å². The lowest BCUT2D eigenvalue weighted by Gasteiger charge is -2.27. The van der Waals surface area contributed by atoms with Crippen LogP contribution in [-0.2, 0) is 16.4 Å². The normalized spacial score (nSPS) is 20.6. The first-order valence-corrected chi connectivity index (χ1v) is 8.31. The van der Waals surface area contributed by atoms with Gasteiger partial charge >= 0.3 is 6.18 Å². The quantitative estimate of drug-likeness (QED) is 0.858. The molecule has 0 atom stereocenters. The number of piperazine rings is 1. The Labute approximate surface area is 139 Å². The minimum Gasteiger partial charge on any atom is -0.354 e. The summed E-state index contributed by atoms with van der Waals surface area (Å²) in [5.74, 6) is -0.156. The molecule has 1 saturated carbocycles. The Kier molecular flexibility index (Phi) is 4.83. The zero-order valence-corrected chi connectivity index (χ0v) is 13.5. The number of carbonyl (C=O) groups excluding carboxylic acids is 1. The molecule has 4 nitrogen and oxygen atoms in total. The van der Waals surface area contributed by atoms with Gasteiger partial charge in [0, 0.05) is 39.3 Å². The molecule has 0 spiro atoms. The van der Waals surface area contributed by atoms with E-state index in [4.69, 9.17) is 0 Å². The Hall–Kier alpha value is -1.60. The molecule has 7 heteroatoms. The highest BCUT2D eigenvalue weighted by Crippen LogP contribution is 2.49. The lowest BCUT2D eigenvalue weighted by atomic mass is 9.93. The zero-order valence-electron chi connectivity index (χ0n) is 13.5. The Morgan fingerprint density at radius 2 is 1.96 bits per heavy atom. The number of hydrogen-bond acceptors (Lipinski definition) is 3. The second-order valence-corrected chi connectivity index (χ2v) is 6.51. The predicted octanol–water partition coefficient (Wildman–Crippen LogP) is 1.76. The lowest BCUT2D eigenvalue weighted by Crippen LogP contribution is -2.47. The van der Waals surface area contributed by atoms with Gasteiger partial charge in [-0.1, -0.05) is 18.2 Å². The average Bonchev–Trinajstić information content (AvgIpc) is 3.37. The molecule has 2 N–H and O–H groups in total. The van der Waals surface area contributed by atoms with Crippen LogP contribution in [0.3, 0.4) is 0 Å². The van der Waals surface area contributed by atoms with Gasteiger partial charge in [-0.15, -0.1) is 0 Å². The van der Waals surface area contributed by atoms with Crippen LogP contribution in [0.5, 0.6) is 0 Å². The van der Waals surface area contributed by atoms with E-state index in [1.54, 1.807) is 6.07 Å². The van der Waals surface area contributed by atoms with Gasteiger partial charge in [-0.05, 0) is 24.5 Å². The first kappa shape index (κ1) is 17.2. The van der Waals surface area contributed by atoms with Crippen LogP contribution in [0, 0.1) is 0 Å². The summed E-state index contributed by atoms with van der Waals surface area (Å²) in [6, 6.07) is 5.16. The van der Waals surface area contributed by atoms with Crippen molar-refractivity contribution in [2.45, 2.75) is 24.4 Å². The number of hydrogen-bond donors (Lipinski definition) is 2. The highest BCUT2D eigenvalue weighted by Gasteiger charge is 2.51. The van der Waals surface area contributed by atoms with Gasteiger partial charge < -0.3 is 10.6 Å². The molecule has 1 aromatic rings. The molecule has 1 amide bonds. The van der Waals surface area contributed by atoms with E-state index >= 15 is 0 Å². The van der Waals surface area contributed by atoms with Crippen LogP contribution in [0.1, 0.15) is 24.0 Å². The maximum absolute atomic E-state index is 12.9. The molecule has 3 rings (SSSR count). The van der Waals surface area contributed by atoms with Crippen LogP contribution < -0.4 is 10.6 Å². The van der Waals surface area contributed by atoms with Crippen molar-refractivity contribution in [2.24, 2.45) is 0 Å². The van der Waals surface area contributed by atoms with E-state index < -0.39 is 17.2 Å². The topological polar surface area (TPSA) is 44.4 Å². The Balaban J connectivity index is 1.60. The maximum atomic E-state index is 12.9. The lowest BCUT2D eigenvalue weighted by molar-refractivity contribution is -0.137. The largest absolute Gasteiger partial charge is 0.416 e. The molecule has 1 heterocycles. The van der Waals surface area contributed by atoms with E-state index in [9.17, 15) is 18.0 Å². The summed E-state index contributed by atoms with van der Waals surface area (Å²) < 4.78 is 38.6. The van der Waals surface area contributed by atoms with Crippen LogP contribution in [0.25, 0.3) is 0 Å². The summed E-state index contributed by atoms with van der Waals surface area (Å²) in [4.78, 5) is 14.8. The van der Waals surface area contributed by atoms with Crippen LogP contribution in [0.2, 0.25) is 0 Å². The van der Waals surface area contributed by atoms with E-state index in [1.165, 1.54) is 6.07 Å². The number of benzene rings is 1. The molecule has 24 heavy (non-hydrogen) atoms. The molecule has 2 fully saturated rings. The summed E-state index contributed by atoms with van der Waals surface area (Å²) >= 11 is 0. The van der Waals surface area contributed by atoms with Gasteiger partial charge in [0.25, 0.3) is 0 Å². The van der Waals surface area contributed by atoms with E-state index in [-0.39, 0.29) is 5.91 Å². The highest BCUT2D eigenvalue weighted by molar-refractivity contribution is 5.91. The molecule has 0 radical (unpaired) electrons. The molecule has 1 aliphatic carbocycles. The molecular weight excluding hydrogens is 319 g/mol. The molecular formula is C17H22F3N3O. The van der Waals surface area contributed by atoms with Gasteiger partial charge in [0.1, 0.15) is 0 Å². The molecule has 132 valence electrons. The second-order valence-electron chi connectivity index (χ2n) is 6.51. The Bertz CT molecular complexity index is 593. The average molecular weight is 341 g/mol. The number of alkyl halides is 3. The molecule has 1 saturated heterocycles. The number of nitrogens with one attached hydrogen (secondary N) is 2. The van der Waals surface area contributed by atoms with Gasteiger partial charge in [0.05, 0.1) is 11.0 Å². The number of nitrogens with zero attached hydrogens (tertiary/aromatic N) is 1. The van der Waals surface area contributed by atoms with Gasteiger partial charge in [-0.2, -0.15) is 13.2 Å². The van der Waals surface area contributed by atoms with E-state index in [1.807, 2.05) is 0 Å². The monoisotopic (exact) mass is 341 g/mol. The van der Waals surface area contributed by atoms with Crippen molar-refractivity contribution in [3.05, 3.63) is 35.4 Å². The first-order valence-electron chi connectivity index (χ1n) is 8.31. The van der Waals surface area contributed by atoms with Crippen LogP contribution >= 0.6 is 0 Å². The van der Waals surface area contributed by atoms with E-state index in [2.05, 4.69) is 15.5 Å². The summed E-state index contributed by atoms with van der Waals surface area (Å²) in [6.07, 6.45) is -3.17. The third kappa shape index (κ3) is 3.72. The highest BCUT2D eigenvalue weighted by atomic mass is 19.4. The summed E-state index contributed by atoms with van der Waals surface area (Å²) in [6.45, 7) is 5.10. The summed E-state index contributed by atoms with van der Waals surface area (Å²) in [7, 11) is 0. The molecule has 1 aromatic carbocycles. The third-order valence-corrected chi connectivity index (χ3v) is 4.85. The fraction of sp³-hybridized carbons (Fsp3) is 0.588.